The Morgan fingerprint density at radius 3 is 3.08 bits per heavy atom. The van der Waals surface area contributed by atoms with Gasteiger partial charge < -0.3 is 13.9 Å². The van der Waals surface area contributed by atoms with Crippen LogP contribution in [0.25, 0.3) is 0 Å². The minimum absolute atomic E-state index is 0.0990. The number of furan rings is 1. The van der Waals surface area contributed by atoms with Gasteiger partial charge in [-0.05, 0) is 37.9 Å². The van der Waals surface area contributed by atoms with E-state index in [2.05, 4.69) is 9.88 Å². The highest BCUT2D eigenvalue weighted by molar-refractivity contribution is 5.78. The summed E-state index contributed by atoms with van der Waals surface area (Å²) in [6.07, 6.45) is 9.37. The van der Waals surface area contributed by atoms with Crippen molar-refractivity contribution in [3.63, 3.8) is 0 Å². The minimum Gasteiger partial charge on any atom is -0.468 e. The quantitative estimate of drug-likeness (QED) is 0.773. The molecule has 1 fully saturated rings. The molecule has 1 unspecified atom stereocenters. The molecule has 1 saturated heterocycles. The molecular formula is C19H28N4O2. The monoisotopic (exact) mass is 344 g/mol. The Hall–Kier alpha value is -2.08. The third-order valence-corrected chi connectivity index (χ3v) is 5.01. The summed E-state index contributed by atoms with van der Waals surface area (Å²) in [6.45, 7) is 3.43. The van der Waals surface area contributed by atoms with Crippen molar-refractivity contribution in [3.8, 4) is 0 Å². The normalized spacial score (nSPS) is 18.4. The van der Waals surface area contributed by atoms with Gasteiger partial charge in [0.05, 0.1) is 18.7 Å². The average Bonchev–Trinajstić information content (AvgIpc) is 3.26. The van der Waals surface area contributed by atoms with Gasteiger partial charge in [0.15, 0.2) is 0 Å². The highest BCUT2D eigenvalue weighted by Crippen LogP contribution is 2.20. The first-order chi connectivity index (χ1) is 12.1. The smallest absolute Gasteiger partial charge is 0.226 e. The van der Waals surface area contributed by atoms with E-state index < -0.39 is 0 Å². The second-order valence-corrected chi connectivity index (χ2v) is 6.97. The standard InChI is InChI=1S/C19H28N4O2/c1-21-12-9-20-18(21)8-4-10-22(2)19(24)16-6-3-11-23(14-16)15-17-7-5-13-25-17/h5,7,9,12-13,16H,3-4,6,8,10-11,14-15H2,1-2H3. The summed E-state index contributed by atoms with van der Waals surface area (Å²) in [6, 6.07) is 3.91. The van der Waals surface area contributed by atoms with Gasteiger partial charge in [-0.15, -0.1) is 0 Å². The Morgan fingerprint density at radius 1 is 1.48 bits per heavy atom. The number of hydrogen-bond acceptors (Lipinski definition) is 4. The zero-order valence-corrected chi connectivity index (χ0v) is 15.2. The zero-order valence-electron chi connectivity index (χ0n) is 15.2. The third-order valence-electron chi connectivity index (χ3n) is 5.01. The summed E-state index contributed by atoms with van der Waals surface area (Å²) in [7, 11) is 3.93. The van der Waals surface area contributed by atoms with Gasteiger partial charge in [0, 0.05) is 46.0 Å². The molecule has 6 nitrogen and oxygen atoms in total. The average molecular weight is 344 g/mol. The van der Waals surface area contributed by atoms with E-state index in [0.717, 1.165) is 63.4 Å². The van der Waals surface area contributed by atoms with Crippen molar-refractivity contribution >= 4 is 5.91 Å². The van der Waals surface area contributed by atoms with E-state index in [1.807, 2.05) is 48.1 Å². The Kier molecular flexibility index (Phi) is 5.91. The Bertz CT molecular complexity index is 665. The van der Waals surface area contributed by atoms with Crippen LogP contribution in [0.1, 0.15) is 30.8 Å². The van der Waals surface area contributed by atoms with Gasteiger partial charge in [-0.25, -0.2) is 4.98 Å². The van der Waals surface area contributed by atoms with E-state index in [0.29, 0.717) is 0 Å². The van der Waals surface area contributed by atoms with Crippen molar-refractivity contribution in [1.82, 2.24) is 19.4 Å². The first-order valence-electron chi connectivity index (χ1n) is 9.09. The van der Waals surface area contributed by atoms with Crippen LogP contribution in [0.5, 0.6) is 0 Å². The van der Waals surface area contributed by atoms with Crippen LogP contribution in [0.2, 0.25) is 0 Å². The maximum Gasteiger partial charge on any atom is 0.226 e. The summed E-state index contributed by atoms with van der Waals surface area (Å²) in [5.74, 6) is 2.41. The lowest BCUT2D eigenvalue weighted by Gasteiger charge is -2.33. The highest BCUT2D eigenvalue weighted by atomic mass is 16.3. The van der Waals surface area contributed by atoms with Crippen molar-refractivity contribution in [2.24, 2.45) is 13.0 Å². The molecule has 1 aliphatic heterocycles. The van der Waals surface area contributed by atoms with E-state index in [9.17, 15) is 4.79 Å². The van der Waals surface area contributed by atoms with Crippen molar-refractivity contribution in [2.45, 2.75) is 32.2 Å². The fourth-order valence-electron chi connectivity index (χ4n) is 3.56. The number of aromatic nitrogens is 2. The highest BCUT2D eigenvalue weighted by Gasteiger charge is 2.28. The largest absolute Gasteiger partial charge is 0.468 e. The lowest BCUT2D eigenvalue weighted by Crippen LogP contribution is -2.43. The molecule has 0 N–H and O–H groups in total. The van der Waals surface area contributed by atoms with E-state index >= 15 is 0 Å². The van der Waals surface area contributed by atoms with Crippen molar-refractivity contribution in [3.05, 3.63) is 42.4 Å². The Balaban J connectivity index is 1.45. The second-order valence-electron chi connectivity index (χ2n) is 6.97. The number of imidazole rings is 1. The molecule has 0 saturated carbocycles. The number of carbonyl (C=O) groups is 1. The number of amides is 1. The summed E-state index contributed by atoms with van der Waals surface area (Å²) >= 11 is 0. The van der Waals surface area contributed by atoms with Crippen LogP contribution in [-0.4, -0.2) is 51.9 Å². The summed E-state index contributed by atoms with van der Waals surface area (Å²) in [5.41, 5.74) is 0. The number of rotatable bonds is 7. The summed E-state index contributed by atoms with van der Waals surface area (Å²) in [4.78, 5) is 21.3. The molecular weight excluding hydrogens is 316 g/mol. The minimum atomic E-state index is 0.0990. The SMILES string of the molecule is CN(CCCc1nccn1C)C(=O)C1CCCN(Cc2ccco2)C1. The van der Waals surface area contributed by atoms with Gasteiger partial charge >= 0.3 is 0 Å². The number of piperidine rings is 1. The van der Waals surface area contributed by atoms with Crippen molar-refractivity contribution < 1.29 is 9.21 Å². The van der Waals surface area contributed by atoms with Crippen LogP contribution in [0.3, 0.4) is 0 Å². The van der Waals surface area contributed by atoms with Crippen molar-refractivity contribution in [1.29, 1.82) is 0 Å². The van der Waals surface area contributed by atoms with Crippen LogP contribution >= 0.6 is 0 Å². The number of hydrogen-bond donors (Lipinski definition) is 0. The molecule has 1 aliphatic rings. The number of nitrogens with zero attached hydrogens (tertiary/aromatic N) is 4. The van der Waals surface area contributed by atoms with Gasteiger partial charge in [-0.3, -0.25) is 9.69 Å². The Labute approximate surface area is 149 Å². The van der Waals surface area contributed by atoms with Gasteiger partial charge in [0.1, 0.15) is 11.6 Å². The molecule has 0 radical (unpaired) electrons. The van der Waals surface area contributed by atoms with E-state index in [-0.39, 0.29) is 11.8 Å². The maximum absolute atomic E-state index is 12.8. The van der Waals surface area contributed by atoms with Gasteiger partial charge in [0.2, 0.25) is 5.91 Å². The van der Waals surface area contributed by atoms with E-state index in [1.165, 1.54) is 0 Å². The maximum atomic E-state index is 12.8. The molecule has 0 aliphatic carbocycles. The van der Waals surface area contributed by atoms with Crippen molar-refractivity contribution in [2.75, 3.05) is 26.7 Å². The van der Waals surface area contributed by atoms with Crippen LogP contribution in [0.4, 0.5) is 0 Å². The Morgan fingerprint density at radius 2 is 2.36 bits per heavy atom. The molecule has 6 heteroatoms. The lowest BCUT2D eigenvalue weighted by atomic mass is 9.96. The van der Waals surface area contributed by atoms with Gasteiger partial charge in [0.25, 0.3) is 0 Å². The molecule has 25 heavy (non-hydrogen) atoms. The molecule has 2 aromatic rings. The molecule has 136 valence electrons. The van der Waals surface area contributed by atoms with Crippen LogP contribution < -0.4 is 0 Å². The fourth-order valence-corrected chi connectivity index (χ4v) is 3.56. The predicted molar refractivity (Wildman–Crippen MR) is 95.9 cm³/mol. The summed E-state index contributed by atoms with van der Waals surface area (Å²) < 4.78 is 7.47. The second kappa shape index (κ2) is 8.34. The molecule has 1 atom stereocenters. The molecule has 2 aromatic heterocycles. The predicted octanol–water partition coefficient (Wildman–Crippen LogP) is 2.32. The van der Waals surface area contributed by atoms with E-state index in [1.54, 1.807) is 6.26 Å². The van der Waals surface area contributed by atoms with Crippen LogP contribution in [0.15, 0.2) is 35.2 Å². The molecule has 0 spiro atoms. The third kappa shape index (κ3) is 4.72. The molecule has 0 aromatic carbocycles. The van der Waals surface area contributed by atoms with E-state index in [4.69, 9.17) is 4.42 Å². The first-order valence-corrected chi connectivity index (χ1v) is 9.09. The molecule has 3 rings (SSSR count). The molecule has 3 heterocycles. The van der Waals surface area contributed by atoms with Crippen LogP contribution in [0, 0.1) is 5.92 Å². The topological polar surface area (TPSA) is 54.5 Å². The number of aryl methyl sites for hydroxylation is 2. The fraction of sp³-hybridized carbons (Fsp3) is 0.579. The van der Waals surface area contributed by atoms with Crippen LogP contribution in [-0.2, 0) is 24.8 Å². The molecule has 0 bridgehead atoms. The zero-order chi connectivity index (χ0) is 17.6. The lowest BCUT2D eigenvalue weighted by molar-refractivity contribution is -0.136. The number of likely N-dealkylation sites (tertiary alicyclic amines) is 1. The van der Waals surface area contributed by atoms with Gasteiger partial charge in [-0.2, -0.15) is 0 Å². The summed E-state index contributed by atoms with van der Waals surface area (Å²) in [5, 5.41) is 0. The van der Waals surface area contributed by atoms with Gasteiger partial charge in [-0.1, -0.05) is 0 Å². The number of carbonyl (C=O) groups excluding carboxylic acids is 1. The first kappa shape index (κ1) is 17.7. The molecule has 1 amide bonds.